The molecule has 1 saturated heterocycles. The van der Waals surface area contributed by atoms with E-state index in [1.54, 1.807) is 6.92 Å². The zero-order valence-electron chi connectivity index (χ0n) is 11.5. The van der Waals surface area contributed by atoms with Gasteiger partial charge in [-0.2, -0.15) is 0 Å². The lowest BCUT2D eigenvalue weighted by atomic mass is 10.2. The van der Waals surface area contributed by atoms with E-state index >= 15 is 0 Å². The maximum Gasteiger partial charge on any atom is 0.216 e. The summed E-state index contributed by atoms with van der Waals surface area (Å²) in [4.78, 5) is 20.0. The summed E-state index contributed by atoms with van der Waals surface area (Å²) < 4.78 is 0. The van der Waals surface area contributed by atoms with Crippen LogP contribution < -0.4 is 5.32 Å². The predicted molar refractivity (Wildman–Crippen MR) is 74.6 cm³/mol. The molecule has 5 nitrogen and oxygen atoms in total. The third-order valence-corrected chi connectivity index (χ3v) is 3.38. The smallest absolute Gasteiger partial charge is 0.216 e. The number of aromatic nitrogens is 1. The number of hydrogen-bond acceptors (Lipinski definition) is 4. The minimum atomic E-state index is 0.0498. The lowest BCUT2D eigenvalue weighted by molar-refractivity contribution is -0.119. The summed E-state index contributed by atoms with van der Waals surface area (Å²) in [6, 6.07) is 6.05. The molecule has 2 heterocycles. The first-order chi connectivity index (χ1) is 9.24. The summed E-state index contributed by atoms with van der Waals surface area (Å²) in [7, 11) is 0. The molecule has 0 saturated carbocycles. The molecule has 1 amide bonds. The minimum absolute atomic E-state index is 0.0498. The summed E-state index contributed by atoms with van der Waals surface area (Å²) >= 11 is 0. The fourth-order valence-corrected chi connectivity index (χ4v) is 2.28. The lowest BCUT2D eigenvalue weighted by Gasteiger charge is -2.34. The fraction of sp³-hybridized carbons (Fsp3) is 0.571. The van der Waals surface area contributed by atoms with Crippen LogP contribution in [0, 0.1) is 0 Å². The van der Waals surface area contributed by atoms with Crippen molar-refractivity contribution in [2.45, 2.75) is 13.5 Å². The Kier molecular flexibility index (Phi) is 5.30. The number of carbonyl (C=O) groups excluding carboxylic acids is 1. The molecule has 0 spiro atoms. The molecule has 19 heavy (non-hydrogen) atoms. The van der Waals surface area contributed by atoms with Crippen molar-refractivity contribution in [1.29, 1.82) is 0 Å². The van der Waals surface area contributed by atoms with Crippen molar-refractivity contribution < 1.29 is 4.79 Å². The zero-order chi connectivity index (χ0) is 13.5. The standard InChI is InChI=1S/C14H22N4O/c1-13(19)15-6-7-17-8-10-18(11-9-17)12-14-4-2-3-5-16-14/h2-5H,6-12H2,1H3,(H,15,19). The molecule has 1 aliphatic heterocycles. The van der Waals surface area contributed by atoms with Crippen LogP contribution in [-0.4, -0.2) is 60.0 Å². The van der Waals surface area contributed by atoms with E-state index in [9.17, 15) is 4.79 Å². The lowest BCUT2D eigenvalue weighted by Crippen LogP contribution is -2.47. The molecule has 1 aromatic rings. The number of piperazine rings is 1. The first kappa shape index (κ1) is 14.0. The van der Waals surface area contributed by atoms with E-state index in [2.05, 4.69) is 26.2 Å². The largest absolute Gasteiger partial charge is 0.355 e. The Labute approximate surface area is 114 Å². The van der Waals surface area contributed by atoms with Gasteiger partial charge in [0.15, 0.2) is 0 Å². The Morgan fingerprint density at radius 2 is 2.00 bits per heavy atom. The van der Waals surface area contributed by atoms with Crippen LogP contribution in [0.25, 0.3) is 0 Å². The molecule has 0 unspecified atom stereocenters. The van der Waals surface area contributed by atoms with Crippen molar-refractivity contribution in [3.63, 3.8) is 0 Å². The third kappa shape index (κ3) is 4.96. The minimum Gasteiger partial charge on any atom is -0.355 e. The summed E-state index contributed by atoms with van der Waals surface area (Å²) in [5.74, 6) is 0.0498. The van der Waals surface area contributed by atoms with Gasteiger partial charge in [0.2, 0.25) is 5.91 Å². The molecule has 0 aliphatic carbocycles. The van der Waals surface area contributed by atoms with E-state index in [4.69, 9.17) is 0 Å². The first-order valence-electron chi connectivity index (χ1n) is 6.83. The Morgan fingerprint density at radius 3 is 2.63 bits per heavy atom. The van der Waals surface area contributed by atoms with Crippen LogP contribution in [0.2, 0.25) is 0 Å². The van der Waals surface area contributed by atoms with Gasteiger partial charge in [-0.1, -0.05) is 6.07 Å². The highest BCUT2D eigenvalue weighted by Gasteiger charge is 2.16. The molecule has 1 aliphatic rings. The van der Waals surface area contributed by atoms with E-state index in [-0.39, 0.29) is 5.91 Å². The normalized spacial score (nSPS) is 17.3. The van der Waals surface area contributed by atoms with Crippen LogP contribution in [0.5, 0.6) is 0 Å². The van der Waals surface area contributed by atoms with Crippen molar-refractivity contribution in [1.82, 2.24) is 20.1 Å². The molecule has 0 bridgehead atoms. The highest BCUT2D eigenvalue weighted by atomic mass is 16.1. The monoisotopic (exact) mass is 262 g/mol. The number of nitrogens with zero attached hydrogens (tertiary/aromatic N) is 3. The Bertz CT molecular complexity index is 388. The molecule has 5 heteroatoms. The first-order valence-corrected chi connectivity index (χ1v) is 6.83. The van der Waals surface area contributed by atoms with Gasteiger partial charge in [-0.15, -0.1) is 0 Å². The van der Waals surface area contributed by atoms with E-state index in [1.165, 1.54) is 0 Å². The second-order valence-corrected chi connectivity index (χ2v) is 4.92. The Morgan fingerprint density at radius 1 is 1.26 bits per heavy atom. The SMILES string of the molecule is CC(=O)NCCN1CCN(Cc2ccccn2)CC1. The highest BCUT2D eigenvalue weighted by molar-refractivity contribution is 5.72. The molecule has 2 rings (SSSR count). The van der Waals surface area contributed by atoms with Gasteiger partial charge in [0.25, 0.3) is 0 Å². The molecular formula is C14H22N4O. The Hall–Kier alpha value is -1.46. The maximum absolute atomic E-state index is 10.8. The van der Waals surface area contributed by atoms with Gasteiger partial charge in [0.05, 0.1) is 5.69 Å². The quantitative estimate of drug-likeness (QED) is 0.831. The number of rotatable bonds is 5. The summed E-state index contributed by atoms with van der Waals surface area (Å²) in [6.45, 7) is 8.43. The van der Waals surface area contributed by atoms with Crippen LogP contribution in [-0.2, 0) is 11.3 Å². The van der Waals surface area contributed by atoms with E-state index < -0.39 is 0 Å². The average molecular weight is 262 g/mol. The van der Waals surface area contributed by atoms with Crippen LogP contribution >= 0.6 is 0 Å². The number of carbonyl (C=O) groups is 1. The molecular weight excluding hydrogens is 240 g/mol. The molecule has 1 fully saturated rings. The van der Waals surface area contributed by atoms with Crippen molar-refractivity contribution in [3.05, 3.63) is 30.1 Å². The molecule has 1 aromatic heterocycles. The van der Waals surface area contributed by atoms with Crippen molar-refractivity contribution in [3.8, 4) is 0 Å². The molecule has 0 aromatic carbocycles. The number of amides is 1. The number of hydrogen-bond donors (Lipinski definition) is 1. The van der Waals surface area contributed by atoms with Gasteiger partial charge >= 0.3 is 0 Å². The molecule has 0 radical (unpaired) electrons. The zero-order valence-corrected chi connectivity index (χ0v) is 11.5. The van der Waals surface area contributed by atoms with Gasteiger partial charge < -0.3 is 5.32 Å². The van der Waals surface area contributed by atoms with E-state index in [0.717, 1.165) is 51.5 Å². The second-order valence-electron chi connectivity index (χ2n) is 4.92. The van der Waals surface area contributed by atoms with Crippen LogP contribution in [0.15, 0.2) is 24.4 Å². The van der Waals surface area contributed by atoms with Gasteiger partial charge in [0.1, 0.15) is 0 Å². The summed E-state index contributed by atoms with van der Waals surface area (Å²) in [5.41, 5.74) is 1.13. The average Bonchev–Trinajstić information content (AvgIpc) is 2.42. The number of nitrogens with one attached hydrogen (secondary N) is 1. The van der Waals surface area contributed by atoms with Crippen LogP contribution in [0.3, 0.4) is 0 Å². The van der Waals surface area contributed by atoms with Crippen molar-refractivity contribution in [2.75, 3.05) is 39.3 Å². The number of pyridine rings is 1. The molecule has 104 valence electrons. The Balaban J connectivity index is 1.66. The fourth-order valence-electron chi connectivity index (χ4n) is 2.28. The second kappa shape index (κ2) is 7.21. The van der Waals surface area contributed by atoms with E-state index in [0.29, 0.717) is 0 Å². The van der Waals surface area contributed by atoms with Gasteiger partial charge in [-0.25, -0.2) is 0 Å². The molecule has 0 atom stereocenters. The topological polar surface area (TPSA) is 48.5 Å². The van der Waals surface area contributed by atoms with Crippen molar-refractivity contribution in [2.24, 2.45) is 0 Å². The molecule has 1 N–H and O–H groups in total. The van der Waals surface area contributed by atoms with Gasteiger partial charge in [-0.05, 0) is 12.1 Å². The predicted octanol–water partition coefficient (Wildman–Crippen LogP) is 0.335. The van der Waals surface area contributed by atoms with E-state index in [1.807, 2.05) is 18.3 Å². The van der Waals surface area contributed by atoms with Gasteiger partial charge in [0, 0.05) is 58.9 Å². The maximum atomic E-state index is 10.8. The van der Waals surface area contributed by atoms with Crippen LogP contribution in [0.4, 0.5) is 0 Å². The van der Waals surface area contributed by atoms with Crippen molar-refractivity contribution >= 4 is 5.91 Å². The summed E-state index contributed by atoms with van der Waals surface area (Å²) in [6.07, 6.45) is 1.85. The van der Waals surface area contributed by atoms with Gasteiger partial charge in [-0.3, -0.25) is 19.6 Å². The summed E-state index contributed by atoms with van der Waals surface area (Å²) in [5, 5.41) is 2.84. The van der Waals surface area contributed by atoms with Crippen LogP contribution in [0.1, 0.15) is 12.6 Å². The third-order valence-electron chi connectivity index (χ3n) is 3.38. The highest BCUT2D eigenvalue weighted by Crippen LogP contribution is 2.05.